The highest BCUT2D eigenvalue weighted by Crippen LogP contribution is 2.47. The molecule has 3 aromatic rings. The third-order valence-electron chi connectivity index (χ3n) is 6.11. The molecule has 128 valence electrons. The summed E-state index contributed by atoms with van der Waals surface area (Å²) in [5.74, 6) is 0. The Morgan fingerprint density at radius 2 is 1.48 bits per heavy atom. The Kier molecular flexibility index (Phi) is 3.51. The van der Waals surface area contributed by atoms with Gasteiger partial charge in [0.15, 0.2) is 0 Å². The first-order valence-corrected chi connectivity index (χ1v) is 10.5. The van der Waals surface area contributed by atoms with Gasteiger partial charge < -0.3 is 5.11 Å². The maximum absolute atomic E-state index is 12.6. The molecule has 0 aliphatic carbocycles. The Hall–Kier alpha value is -1.71. The molecule has 2 atom stereocenters. The molecule has 2 fully saturated rings. The molecule has 2 saturated heterocycles. The van der Waals surface area contributed by atoms with Gasteiger partial charge in [0.1, 0.15) is 0 Å². The third kappa shape index (κ3) is 2.37. The lowest BCUT2D eigenvalue weighted by Gasteiger charge is -2.44. The van der Waals surface area contributed by atoms with Crippen LogP contribution < -0.4 is 0 Å². The van der Waals surface area contributed by atoms with E-state index < -0.39 is 16.4 Å². The molecule has 0 saturated carbocycles. The van der Waals surface area contributed by atoms with Crippen LogP contribution in [-0.4, -0.2) is 19.8 Å². The van der Waals surface area contributed by atoms with E-state index in [0.29, 0.717) is 12.8 Å². The lowest BCUT2D eigenvalue weighted by atomic mass is 9.78. The summed E-state index contributed by atoms with van der Waals surface area (Å²) in [6.07, 6.45) is 4.36. The summed E-state index contributed by atoms with van der Waals surface area (Å²) in [6.45, 7) is 0. The molecular weight excluding hydrogens is 328 g/mol. The van der Waals surface area contributed by atoms with Gasteiger partial charge in [-0.1, -0.05) is 55.0 Å². The molecule has 2 nitrogen and oxygen atoms in total. The molecule has 25 heavy (non-hydrogen) atoms. The molecule has 2 aliphatic heterocycles. The third-order valence-corrected chi connectivity index (χ3v) is 8.23. The smallest absolute Gasteiger partial charge is 0.0925 e. The fraction of sp³-hybridized carbons (Fsp3) is 0.364. The van der Waals surface area contributed by atoms with Crippen LogP contribution in [0.25, 0.3) is 21.5 Å². The Labute approximate surface area is 150 Å². The molecule has 0 radical (unpaired) electrons. The lowest BCUT2D eigenvalue weighted by Crippen LogP contribution is -2.47. The van der Waals surface area contributed by atoms with Gasteiger partial charge in [-0.05, 0) is 58.9 Å². The first-order chi connectivity index (χ1) is 12.2. The maximum Gasteiger partial charge on any atom is 0.0925 e. The topological polar surface area (TPSA) is 37.3 Å². The van der Waals surface area contributed by atoms with Gasteiger partial charge in [0.25, 0.3) is 0 Å². The second kappa shape index (κ2) is 5.65. The van der Waals surface area contributed by atoms with Gasteiger partial charge in [-0.2, -0.15) is 0 Å². The number of aliphatic hydroxyl groups is 1. The summed E-state index contributed by atoms with van der Waals surface area (Å²) in [5.41, 5.74) is 0.156. The fourth-order valence-electron chi connectivity index (χ4n) is 4.94. The van der Waals surface area contributed by atoms with Crippen LogP contribution in [-0.2, 0) is 16.4 Å². The zero-order valence-electron chi connectivity index (χ0n) is 14.2. The average Bonchev–Trinajstić information content (AvgIpc) is 2.62. The van der Waals surface area contributed by atoms with Crippen molar-refractivity contribution in [3.8, 4) is 0 Å². The van der Waals surface area contributed by atoms with Gasteiger partial charge >= 0.3 is 0 Å². The molecular formula is C22H22O2S. The summed E-state index contributed by atoms with van der Waals surface area (Å²) in [6, 6.07) is 18.9. The zero-order chi connectivity index (χ0) is 17.0. The predicted octanol–water partition coefficient (Wildman–Crippen LogP) is 4.64. The quantitative estimate of drug-likeness (QED) is 0.649. The number of rotatable bonds is 1. The Bertz CT molecular complexity index is 978. The van der Waals surface area contributed by atoms with E-state index in [9.17, 15) is 9.32 Å². The van der Waals surface area contributed by atoms with Crippen molar-refractivity contribution in [3.63, 3.8) is 0 Å². The van der Waals surface area contributed by atoms with E-state index in [-0.39, 0.29) is 10.5 Å². The standard InChI is InChI=1S/C22H22O2S/c23-22(13-16-7-5-8-17(14-22)25(16)24)21-12-15-6-1-2-9-18(15)19-10-3-4-11-20(19)21/h1-4,6,9-12,16-17,23H,5,7-8,13-14H2. The van der Waals surface area contributed by atoms with Crippen molar-refractivity contribution in [1.29, 1.82) is 0 Å². The normalized spacial score (nSPS) is 32.1. The second-order valence-electron chi connectivity index (χ2n) is 7.63. The van der Waals surface area contributed by atoms with Crippen LogP contribution in [0.2, 0.25) is 0 Å². The zero-order valence-corrected chi connectivity index (χ0v) is 15.0. The predicted molar refractivity (Wildman–Crippen MR) is 104 cm³/mol. The number of hydrogen-bond donors (Lipinski definition) is 1. The van der Waals surface area contributed by atoms with Crippen LogP contribution in [0.3, 0.4) is 0 Å². The summed E-state index contributed by atoms with van der Waals surface area (Å²) < 4.78 is 12.6. The van der Waals surface area contributed by atoms with Gasteiger partial charge in [-0.25, -0.2) is 0 Å². The SMILES string of the molecule is O=S1C2CCCC1CC(O)(c1cc3ccccc3c3ccccc13)C2. The molecule has 3 heteroatoms. The highest BCUT2D eigenvalue weighted by atomic mass is 32.2. The highest BCUT2D eigenvalue weighted by molar-refractivity contribution is 7.86. The van der Waals surface area contributed by atoms with E-state index in [1.807, 2.05) is 6.07 Å². The molecule has 0 aromatic heterocycles. The Morgan fingerprint density at radius 3 is 2.20 bits per heavy atom. The Balaban J connectivity index is 1.75. The van der Waals surface area contributed by atoms with E-state index in [1.54, 1.807) is 0 Å². The van der Waals surface area contributed by atoms with Crippen molar-refractivity contribution in [2.45, 2.75) is 48.2 Å². The molecule has 3 aromatic carbocycles. The van der Waals surface area contributed by atoms with E-state index >= 15 is 0 Å². The van der Waals surface area contributed by atoms with Crippen molar-refractivity contribution in [3.05, 3.63) is 60.2 Å². The van der Waals surface area contributed by atoms with Gasteiger partial charge in [0, 0.05) is 21.3 Å². The van der Waals surface area contributed by atoms with Crippen LogP contribution in [0.1, 0.15) is 37.7 Å². The monoisotopic (exact) mass is 350 g/mol. The van der Waals surface area contributed by atoms with E-state index in [1.165, 1.54) is 16.2 Å². The maximum atomic E-state index is 12.6. The summed E-state index contributed by atoms with van der Waals surface area (Å²) >= 11 is 0. The number of benzene rings is 3. The summed E-state index contributed by atoms with van der Waals surface area (Å²) in [4.78, 5) is 0. The molecule has 0 amide bonds. The lowest BCUT2D eigenvalue weighted by molar-refractivity contribution is 0.00804. The first kappa shape index (κ1) is 15.5. The van der Waals surface area contributed by atoms with E-state index in [0.717, 1.165) is 30.2 Å². The van der Waals surface area contributed by atoms with E-state index in [4.69, 9.17) is 0 Å². The van der Waals surface area contributed by atoms with Gasteiger partial charge in [0.2, 0.25) is 0 Å². The van der Waals surface area contributed by atoms with Crippen LogP contribution in [0.15, 0.2) is 54.6 Å². The summed E-state index contributed by atoms with van der Waals surface area (Å²) in [7, 11) is -0.777. The van der Waals surface area contributed by atoms with Crippen LogP contribution in [0, 0.1) is 0 Å². The molecule has 2 unspecified atom stereocenters. The number of hydrogen-bond acceptors (Lipinski definition) is 2. The van der Waals surface area contributed by atoms with Gasteiger partial charge in [-0.15, -0.1) is 0 Å². The molecule has 1 N–H and O–H groups in total. The van der Waals surface area contributed by atoms with Crippen molar-refractivity contribution in [2.75, 3.05) is 0 Å². The molecule has 2 heterocycles. The van der Waals surface area contributed by atoms with Crippen LogP contribution >= 0.6 is 0 Å². The Morgan fingerprint density at radius 1 is 0.880 bits per heavy atom. The van der Waals surface area contributed by atoms with Gasteiger partial charge in [-0.3, -0.25) is 4.21 Å². The highest BCUT2D eigenvalue weighted by Gasteiger charge is 2.47. The average molecular weight is 350 g/mol. The minimum atomic E-state index is -0.868. The minimum absolute atomic E-state index is 0.141. The molecule has 2 aliphatic rings. The van der Waals surface area contributed by atoms with Crippen LogP contribution in [0.5, 0.6) is 0 Å². The minimum Gasteiger partial charge on any atom is -0.385 e. The van der Waals surface area contributed by atoms with Gasteiger partial charge in [0.05, 0.1) is 5.60 Å². The first-order valence-electron chi connectivity index (χ1n) is 9.18. The molecule has 0 spiro atoms. The van der Waals surface area contributed by atoms with E-state index in [2.05, 4.69) is 48.5 Å². The number of fused-ring (bicyclic) bond motifs is 5. The molecule has 2 bridgehead atoms. The largest absolute Gasteiger partial charge is 0.385 e. The van der Waals surface area contributed by atoms with Crippen molar-refractivity contribution in [1.82, 2.24) is 0 Å². The van der Waals surface area contributed by atoms with Crippen LogP contribution in [0.4, 0.5) is 0 Å². The van der Waals surface area contributed by atoms with Crippen molar-refractivity contribution < 1.29 is 9.32 Å². The fourth-order valence-corrected chi connectivity index (χ4v) is 7.16. The van der Waals surface area contributed by atoms with Crippen molar-refractivity contribution in [2.24, 2.45) is 0 Å². The molecule has 5 rings (SSSR count). The summed E-state index contributed by atoms with van der Waals surface area (Å²) in [5, 5.41) is 16.7. The van der Waals surface area contributed by atoms with Crippen molar-refractivity contribution >= 4 is 32.3 Å². The second-order valence-corrected chi connectivity index (χ2v) is 9.62.